The first-order valence-electron chi connectivity index (χ1n) is 13.8. The van der Waals surface area contributed by atoms with E-state index >= 15 is 0 Å². The molecule has 1 fully saturated rings. The number of likely N-dealkylation sites (tertiary alicyclic amines) is 1. The number of aromatic nitrogens is 3. The summed E-state index contributed by atoms with van der Waals surface area (Å²) in [4.78, 5) is 30.4. The number of hydrogen-bond donors (Lipinski definition) is 3. The van der Waals surface area contributed by atoms with Gasteiger partial charge in [-0.1, -0.05) is 58.0 Å². The second kappa shape index (κ2) is 12.4. The Morgan fingerprint density at radius 3 is 2.46 bits per heavy atom. The van der Waals surface area contributed by atoms with E-state index in [-0.39, 0.29) is 6.04 Å². The maximum Gasteiger partial charge on any atom is 0.248 e. The molecule has 0 bridgehead atoms. The fourth-order valence-corrected chi connectivity index (χ4v) is 4.86. The molecule has 0 spiro atoms. The van der Waals surface area contributed by atoms with Crippen molar-refractivity contribution in [2.45, 2.75) is 59.5 Å². The predicted octanol–water partition coefficient (Wildman–Crippen LogP) is 4.92. The lowest BCUT2D eigenvalue weighted by molar-refractivity contribution is 0.100. The van der Waals surface area contributed by atoms with Crippen LogP contribution >= 0.6 is 0 Å². The number of anilines is 4. The Labute approximate surface area is 232 Å². The Balaban J connectivity index is 1.50. The summed E-state index contributed by atoms with van der Waals surface area (Å²) in [6.07, 6.45) is 1.01. The van der Waals surface area contributed by atoms with Gasteiger partial charge >= 0.3 is 0 Å². The number of amides is 1. The molecule has 3 aromatic rings. The normalized spacial score (nSPS) is 15.6. The van der Waals surface area contributed by atoms with Crippen LogP contribution in [0.3, 0.4) is 0 Å². The van der Waals surface area contributed by atoms with E-state index in [4.69, 9.17) is 15.7 Å². The number of hydrogen-bond acceptors (Lipinski definition) is 8. The minimum atomic E-state index is -0.477. The second-order valence-corrected chi connectivity index (χ2v) is 11.3. The topological polar surface area (TPSA) is 112 Å². The lowest BCUT2D eigenvalue weighted by Gasteiger charge is -2.22. The van der Waals surface area contributed by atoms with Gasteiger partial charge in [-0.3, -0.25) is 9.69 Å². The molecule has 1 saturated heterocycles. The zero-order valence-corrected chi connectivity index (χ0v) is 24.0. The van der Waals surface area contributed by atoms with Gasteiger partial charge in [0.25, 0.3) is 0 Å². The number of nitrogens with one attached hydrogen (secondary N) is 2. The molecule has 1 atom stereocenters. The maximum atomic E-state index is 11.7. The third-order valence-corrected chi connectivity index (χ3v) is 7.03. The summed E-state index contributed by atoms with van der Waals surface area (Å²) in [5.41, 5.74) is 10.3. The molecule has 39 heavy (non-hydrogen) atoms. The van der Waals surface area contributed by atoms with Crippen molar-refractivity contribution in [2.75, 3.05) is 42.2 Å². The van der Waals surface area contributed by atoms with Crippen LogP contribution in [0.4, 0.5) is 23.5 Å². The van der Waals surface area contributed by atoms with Crippen molar-refractivity contribution in [1.29, 1.82) is 0 Å². The van der Waals surface area contributed by atoms with E-state index in [0.29, 0.717) is 35.2 Å². The molecule has 9 heteroatoms. The number of benzene rings is 2. The van der Waals surface area contributed by atoms with Gasteiger partial charge in [0.05, 0.1) is 0 Å². The van der Waals surface area contributed by atoms with Crippen molar-refractivity contribution in [3.8, 4) is 0 Å². The number of nitrogens with zero attached hydrogens (tertiary/aromatic N) is 5. The smallest absolute Gasteiger partial charge is 0.248 e. The highest BCUT2D eigenvalue weighted by atomic mass is 16.1. The van der Waals surface area contributed by atoms with Crippen LogP contribution < -0.4 is 21.3 Å². The molecular weight excluding hydrogens is 488 g/mol. The fourth-order valence-electron chi connectivity index (χ4n) is 4.86. The van der Waals surface area contributed by atoms with Gasteiger partial charge in [-0.2, -0.15) is 15.0 Å². The molecule has 0 saturated carbocycles. The quantitative estimate of drug-likeness (QED) is 0.320. The highest BCUT2D eigenvalue weighted by Gasteiger charge is 2.24. The third kappa shape index (κ3) is 7.66. The molecule has 1 aliphatic rings. The van der Waals surface area contributed by atoms with E-state index in [1.165, 1.54) is 11.1 Å². The minimum Gasteiger partial charge on any atom is -0.366 e. The summed E-state index contributed by atoms with van der Waals surface area (Å²) in [5.74, 6) is 2.06. The van der Waals surface area contributed by atoms with Crippen LogP contribution in [0.5, 0.6) is 0 Å². The van der Waals surface area contributed by atoms with E-state index in [1.807, 2.05) is 24.9 Å². The van der Waals surface area contributed by atoms with Crippen molar-refractivity contribution >= 4 is 29.4 Å². The zero-order valence-electron chi connectivity index (χ0n) is 24.0. The van der Waals surface area contributed by atoms with Crippen LogP contribution in [0.15, 0.2) is 42.5 Å². The van der Waals surface area contributed by atoms with Gasteiger partial charge in [-0.15, -0.1) is 0 Å². The lowest BCUT2D eigenvalue weighted by atomic mass is 10.0. The Kier molecular flexibility index (Phi) is 9.01. The molecule has 1 unspecified atom stereocenters. The number of aryl methyl sites for hydroxylation is 1. The number of carbonyl (C=O) groups is 1. The van der Waals surface area contributed by atoms with Crippen LogP contribution in [-0.2, 0) is 6.54 Å². The Morgan fingerprint density at radius 2 is 1.79 bits per heavy atom. The molecular formula is C30H42N8O. The minimum absolute atomic E-state index is 0.235. The molecule has 1 aliphatic heterocycles. The van der Waals surface area contributed by atoms with Crippen molar-refractivity contribution in [3.63, 3.8) is 0 Å². The van der Waals surface area contributed by atoms with Gasteiger partial charge in [-0.05, 0) is 54.0 Å². The number of rotatable bonds is 11. The lowest BCUT2D eigenvalue weighted by Crippen LogP contribution is -2.28. The van der Waals surface area contributed by atoms with Crippen LogP contribution in [0, 0.1) is 12.8 Å². The second-order valence-electron chi connectivity index (χ2n) is 11.3. The van der Waals surface area contributed by atoms with E-state index in [0.717, 1.165) is 43.9 Å². The average Bonchev–Trinajstić information content (AvgIpc) is 3.31. The molecule has 0 aliphatic carbocycles. The third-order valence-electron chi connectivity index (χ3n) is 7.03. The van der Waals surface area contributed by atoms with Gasteiger partial charge in [0.2, 0.25) is 23.8 Å². The maximum absolute atomic E-state index is 11.7. The highest BCUT2D eigenvalue weighted by molar-refractivity contribution is 5.94. The first kappa shape index (κ1) is 28.3. The van der Waals surface area contributed by atoms with Crippen molar-refractivity contribution in [1.82, 2.24) is 19.9 Å². The van der Waals surface area contributed by atoms with Crippen molar-refractivity contribution in [2.24, 2.45) is 11.7 Å². The first-order chi connectivity index (χ1) is 18.6. The van der Waals surface area contributed by atoms with Crippen LogP contribution in [-0.4, -0.2) is 58.5 Å². The zero-order chi connectivity index (χ0) is 28.1. The number of carbonyl (C=O) groups excluding carboxylic acids is 1. The van der Waals surface area contributed by atoms with E-state index < -0.39 is 5.91 Å². The van der Waals surface area contributed by atoms with Crippen molar-refractivity contribution < 1.29 is 4.79 Å². The molecule has 4 rings (SSSR count). The summed E-state index contributed by atoms with van der Waals surface area (Å²) in [5, 5.41) is 6.84. The van der Waals surface area contributed by atoms with Gasteiger partial charge in [0.15, 0.2) is 0 Å². The molecule has 1 aromatic heterocycles. The summed E-state index contributed by atoms with van der Waals surface area (Å²) in [6, 6.07) is 14.5. The Bertz CT molecular complexity index is 1270. The van der Waals surface area contributed by atoms with E-state index in [1.54, 1.807) is 12.1 Å². The fraction of sp³-hybridized carbons (Fsp3) is 0.467. The van der Waals surface area contributed by atoms with E-state index in [2.05, 4.69) is 72.5 Å². The average molecular weight is 531 g/mol. The largest absolute Gasteiger partial charge is 0.366 e. The number of primary amides is 1. The first-order valence-corrected chi connectivity index (χ1v) is 13.8. The standard InChI is InChI=1S/C30H42N8O/c1-19(2)16-37(6)30-35-28(34-29(36-30)33-26-15-24(27(31)39)10-7-21(26)5)32-25-13-14-38(18-25)17-22-8-11-23(12-9-22)20(3)4/h7-12,15,19-20,25H,13-14,16-18H2,1-6H3,(H2,31,39)(H2,32,33,34,35,36). The monoisotopic (exact) mass is 530 g/mol. The Morgan fingerprint density at radius 1 is 1.08 bits per heavy atom. The molecule has 1 amide bonds. The van der Waals surface area contributed by atoms with Gasteiger partial charge in [0, 0.05) is 50.5 Å². The predicted molar refractivity (Wildman–Crippen MR) is 159 cm³/mol. The summed E-state index contributed by atoms with van der Waals surface area (Å²) >= 11 is 0. The molecule has 4 N–H and O–H groups in total. The van der Waals surface area contributed by atoms with Crippen LogP contribution in [0.1, 0.15) is 67.1 Å². The molecule has 2 aromatic carbocycles. The van der Waals surface area contributed by atoms with Gasteiger partial charge in [0.1, 0.15) is 0 Å². The number of nitrogens with two attached hydrogens (primary N) is 1. The van der Waals surface area contributed by atoms with Gasteiger partial charge < -0.3 is 21.3 Å². The molecule has 9 nitrogen and oxygen atoms in total. The molecule has 0 radical (unpaired) electrons. The van der Waals surface area contributed by atoms with Crippen LogP contribution in [0.25, 0.3) is 0 Å². The summed E-state index contributed by atoms with van der Waals surface area (Å²) < 4.78 is 0. The Hall–Kier alpha value is -3.72. The summed E-state index contributed by atoms with van der Waals surface area (Å²) in [6.45, 7) is 14.4. The summed E-state index contributed by atoms with van der Waals surface area (Å²) in [7, 11) is 1.99. The molecule has 2 heterocycles. The van der Waals surface area contributed by atoms with Crippen LogP contribution in [0.2, 0.25) is 0 Å². The molecule has 208 valence electrons. The highest BCUT2D eigenvalue weighted by Crippen LogP contribution is 2.24. The van der Waals surface area contributed by atoms with Crippen molar-refractivity contribution in [3.05, 3.63) is 64.7 Å². The van der Waals surface area contributed by atoms with E-state index in [9.17, 15) is 4.79 Å². The SMILES string of the molecule is Cc1ccc(C(N)=O)cc1Nc1nc(NC2CCN(Cc3ccc(C(C)C)cc3)C2)nc(N(C)CC(C)C)n1. The van der Waals surface area contributed by atoms with Gasteiger partial charge in [-0.25, -0.2) is 0 Å².